The molecule has 0 radical (unpaired) electrons. The van der Waals surface area contributed by atoms with E-state index in [0.717, 1.165) is 6.07 Å². The van der Waals surface area contributed by atoms with Crippen LogP contribution in [-0.2, 0) is 14.3 Å². The quantitative estimate of drug-likeness (QED) is 0.533. The Bertz CT molecular complexity index is 658. The maximum Gasteiger partial charge on any atom is 0.407 e. The summed E-state index contributed by atoms with van der Waals surface area (Å²) in [6.45, 7) is 5.69. The van der Waals surface area contributed by atoms with Crippen LogP contribution in [0.15, 0.2) is 24.3 Å². The van der Waals surface area contributed by atoms with Crippen molar-refractivity contribution in [1.29, 1.82) is 0 Å². The third kappa shape index (κ3) is 9.03. The maximum absolute atomic E-state index is 13.2. The molecule has 0 heterocycles. The molecule has 8 heteroatoms. The van der Waals surface area contributed by atoms with Crippen molar-refractivity contribution in [2.45, 2.75) is 51.7 Å². The molecule has 1 rings (SSSR count). The summed E-state index contributed by atoms with van der Waals surface area (Å²) < 4.78 is 23.1. The average Bonchev–Trinajstić information content (AvgIpc) is 2.58. The third-order valence-corrected chi connectivity index (χ3v) is 3.47. The summed E-state index contributed by atoms with van der Waals surface area (Å²) in [5.74, 6) is -1.68. The Morgan fingerprint density at radius 1 is 1.19 bits per heavy atom. The lowest BCUT2D eigenvalue weighted by molar-refractivity contribution is -0.143. The Morgan fingerprint density at radius 3 is 2.48 bits per heavy atom. The van der Waals surface area contributed by atoms with E-state index in [2.05, 4.69) is 10.6 Å². The molecular weight excluding hydrogens is 355 g/mol. The minimum absolute atomic E-state index is 0.121. The molecule has 0 spiro atoms. The van der Waals surface area contributed by atoms with Gasteiger partial charge in [-0.05, 0) is 58.2 Å². The molecule has 0 unspecified atom stereocenters. The van der Waals surface area contributed by atoms with Crippen LogP contribution in [0.3, 0.4) is 0 Å². The zero-order valence-electron chi connectivity index (χ0n) is 16.1. The zero-order chi connectivity index (χ0) is 20.4. The molecule has 1 aromatic carbocycles. The smallest absolute Gasteiger partial charge is 0.407 e. The number of esters is 1. The van der Waals surface area contributed by atoms with Crippen molar-refractivity contribution in [2.75, 3.05) is 13.7 Å². The first-order chi connectivity index (χ1) is 12.6. The number of unbranched alkanes of at least 4 members (excludes halogenated alkanes) is 1. The van der Waals surface area contributed by atoms with Gasteiger partial charge in [-0.25, -0.2) is 14.0 Å². The van der Waals surface area contributed by atoms with Crippen molar-refractivity contribution in [1.82, 2.24) is 10.6 Å². The Balaban J connectivity index is 2.46. The lowest BCUT2D eigenvalue weighted by atomic mass is 10.1. The summed E-state index contributed by atoms with van der Waals surface area (Å²) in [7, 11) is 1.23. The van der Waals surface area contributed by atoms with Gasteiger partial charge in [-0.2, -0.15) is 0 Å². The van der Waals surface area contributed by atoms with E-state index in [4.69, 9.17) is 9.47 Å². The van der Waals surface area contributed by atoms with E-state index in [0.29, 0.717) is 25.8 Å². The van der Waals surface area contributed by atoms with E-state index < -0.39 is 35.4 Å². The number of methoxy groups -OCH3 is 1. The first kappa shape index (κ1) is 22.4. The van der Waals surface area contributed by atoms with Gasteiger partial charge in [-0.1, -0.05) is 6.07 Å². The van der Waals surface area contributed by atoms with Crippen molar-refractivity contribution in [3.05, 3.63) is 35.6 Å². The van der Waals surface area contributed by atoms with E-state index in [9.17, 15) is 18.8 Å². The van der Waals surface area contributed by atoms with Gasteiger partial charge in [0.15, 0.2) is 0 Å². The van der Waals surface area contributed by atoms with Crippen molar-refractivity contribution in [2.24, 2.45) is 0 Å². The lowest BCUT2D eigenvalue weighted by Crippen LogP contribution is -2.41. The molecule has 0 saturated heterocycles. The molecule has 0 bridgehead atoms. The minimum Gasteiger partial charge on any atom is -0.467 e. The van der Waals surface area contributed by atoms with Crippen LogP contribution >= 0.6 is 0 Å². The monoisotopic (exact) mass is 382 g/mol. The number of benzene rings is 1. The summed E-state index contributed by atoms with van der Waals surface area (Å²) in [6, 6.07) is 4.34. The highest BCUT2D eigenvalue weighted by Crippen LogP contribution is 2.08. The number of nitrogens with one attached hydrogen (secondary N) is 2. The largest absolute Gasteiger partial charge is 0.467 e. The molecule has 1 atom stereocenters. The highest BCUT2D eigenvalue weighted by Gasteiger charge is 2.22. The summed E-state index contributed by atoms with van der Waals surface area (Å²) >= 11 is 0. The number of alkyl carbamates (subject to hydrolysis) is 1. The molecule has 150 valence electrons. The highest BCUT2D eigenvalue weighted by molar-refractivity contribution is 5.96. The fraction of sp³-hybridized carbons (Fsp3) is 0.526. The predicted octanol–water partition coefficient (Wildman–Crippen LogP) is 2.79. The number of rotatable bonds is 8. The van der Waals surface area contributed by atoms with Crippen molar-refractivity contribution in [3.8, 4) is 0 Å². The maximum atomic E-state index is 13.2. The van der Waals surface area contributed by atoms with Crippen molar-refractivity contribution in [3.63, 3.8) is 0 Å². The number of hydrogen-bond acceptors (Lipinski definition) is 5. The van der Waals surface area contributed by atoms with Crippen LogP contribution in [0.2, 0.25) is 0 Å². The van der Waals surface area contributed by atoms with Crippen LogP contribution < -0.4 is 10.6 Å². The summed E-state index contributed by atoms with van der Waals surface area (Å²) in [4.78, 5) is 35.6. The van der Waals surface area contributed by atoms with Gasteiger partial charge in [0, 0.05) is 12.1 Å². The van der Waals surface area contributed by atoms with Crippen molar-refractivity contribution < 1.29 is 28.2 Å². The van der Waals surface area contributed by atoms with Gasteiger partial charge in [0.25, 0.3) is 5.91 Å². The Morgan fingerprint density at radius 2 is 1.89 bits per heavy atom. The number of halogens is 1. The van der Waals surface area contributed by atoms with E-state index in [1.807, 2.05) is 0 Å². The molecule has 2 amide bonds. The predicted molar refractivity (Wildman–Crippen MR) is 97.8 cm³/mol. The van der Waals surface area contributed by atoms with Crippen LogP contribution in [0.1, 0.15) is 50.4 Å². The Kier molecular flexibility index (Phi) is 8.71. The number of hydrogen-bond donors (Lipinski definition) is 2. The van der Waals surface area contributed by atoms with Crippen LogP contribution in [-0.4, -0.2) is 43.3 Å². The van der Waals surface area contributed by atoms with E-state index in [1.165, 1.54) is 25.3 Å². The topological polar surface area (TPSA) is 93.7 Å². The van der Waals surface area contributed by atoms with Crippen LogP contribution in [0.5, 0.6) is 0 Å². The van der Waals surface area contributed by atoms with Crippen molar-refractivity contribution >= 4 is 18.0 Å². The van der Waals surface area contributed by atoms with Gasteiger partial charge in [0.1, 0.15) is 17.5 Å². The van der Waals surface area contributed by atoms with E-state index >= 15 is 0 Å². The summed E-state index contributed by atoms with van der Waals surface area (Å²) in [6.07, 6.45) is 0.956. The molecule has 2 N–H and O–H groups in total. The molecule has 0 aliphatic rings. The molecule has 0 aromatic heterocycles. The van der Waals surface area contributed by atoms with Gasteiger partial charge < -0.3 is 20.1 Å². The Labute approximate surface area is 158 Å². The average molecular weight is 382 g/mol. The fourth-order valence-electron chi connectivity index (χ4n) is 2.24. The standard InChI is InChI=1S/C19H27FN2O5/c1-19(2,3)27-18(25)21-11-6-5-10-15(17(24)26-4)22-16(23)13-8-7-9-14(20)12-13/h7-9,12,15H,5-6,10-11H2,1-4H3,(H,21,25)(H,22,23)/t15-/m0/s1. The lowest BCUT2D eigenvalue weighted by Gasteiger charge is -2.20. The third-order valence-electron chi connectivity index (χ3n) is 3.47. The SMILES string of the molecule is COC(=O)[C@H](CCCCNC(=O)OC(C)(C)C)NC(=O)c1cccc(F)c1. The van der Waals surface area contributed by atoms with E-state index in [-0.39, 0.29) is 5.56 Å². The number of carbonyl (C=O) groups excluding carboxylic acids is 3. The minimum atomic E-state index is -0.854. The molecule has 7 nitrogen and oxygen atoms in total. The molecule has 0 aliphatic carbocycles. The van der Waals surface area contributed by atoms with Gasteiger partial charge >= 0.3 is 12.1 Å². The molecule has 27 heavy (non-hydrogen) atoms. The molecule has 1 aromatic rings. The second-order valence-corrected chi connectivity index (χ2v) is 6.98. The first-order valence-corrected chi connectivity index (χ1v) is 8.73. The summed E-state index contributed by atoms with van der Waals surface area (Å²) in [5, 5.41) is 5.17. The normalized spacial score (nSPS) is 12.0. The van der Waals surface area contributed by atoms with Gasteiger partial charge in [-0.3, -0.25) is 4.79 Å². The van der Waals surface area contributed by atoms with Crippen LogP contribution in [0.4, 0.5) is 9.18 Å². The molecular formula is C19H27FN2O5. The van der Waals surface area contributed by atoms with E-state index in [1.54, 1.807) is 20.8 Å². The second kappa shape index (κ2) is 10.5. The second-order valence-electron chi connectivity index (χ2n) is 6.98. The number of carbonyl (C=O) groups is 3. The van der Waals surface area contributed by atoms with Gasteiger partial charge in [0.05, 0.1) is 7.11 Å². The Hall–Kier alpha value is -2.64. The van der Waals surface area contributed by atoms with Crippen LogP contribution in [0.25, 0.3) is 0 Å². The summed E-state index contributed by atoms with van der Waals surface area (Å²) in [5.41, 5.74) is -0.447. The van der Waals surface area contributed by atoms with Crippen LogP contribution in [0, 0.1) is 5.82 Å². The molecule has 0 fully saturated rings. The van der Waals surface area contributed by atoms with Gasteiger partial charge in [-0.15, -0.1) is 0 Å². The zero-order valence-corrected chi connectivity index (χ0v) is 16.1. The molecule has 0 aliphatic heterocycles. The number of amides is 2. The fourth-order valence-corrected chi connectivity index (χ4v) is 2.24. The number of ether oxygens (including phenoxy) is 2. The molecule has 0 saturated carbocycles. The highest BCUT2D eigenvalue weighted by atomic mass is 19.1. The first-order valence-electron chi connectivity index (χ1n) is 8.73. The van der Waals surface area contributed by atoms with Gasteiger partial charge in [0.2, 0.25) is 0 Å².